The highest BCUT2D eigenvalue weighted by Crippen LogP contribution is 2.49. The van der Waals surface area contributed by atoms with Crippen LogP contribution < -0.4 is 9.61 Å². The van der Waals surface area contributed by atoms with Gasteiger partial charge in [-0.15, -0.1) is 0 Å². The van der Waals surface area contributed by atoms with Gasteiger partial charge in [0.25, 0.3) is 0 Å². The first-order chi connectivity index (χ1) is 18.5. The molecule has 210 valence electrons. The third-order valence-electron chi connectivity index (χ3n) is 6.51. The Kier molecular flexibility index (Phi) is 7.88. The van der Waals surface area contributed by atoms with Gasteiger partial charge in [0.1, 0.15) is 36.2 Å². The molecule has 10 nitrogen and oxygen atoms in total. The minimum atomic E-state index is -4.07. The Morgan fingerprint density at radius 3 is 2.49 bits per heavy atom. The van der Waals surface area contributed by atoms with E-state index in [1.165, 1.54) is 0 Å². The standard InChI is InChI=1S/C28H35N2O8P/c1-17(2)34-27(31)18(3)30-39(32,38-19-11-7-6-8-12-19)33-16-23-25-26(37-28(4,5)36-25)24(35-23)21-15-29-22-14-10-9-13-20(21)22/h6-15,17-18,23-26,29H,16H2,1-5H3,(H,30,32)/t18-,23-,24+,25-,26+,39-/m1/s1. The number of H-pyrrole nitrogens is 1. The number of carbonyl (C=O) groups is 1. The van der Waals surface area contributed by atoms with E-state index in [0.717, 1.165) is 16.5 Å². The lowest BCUT2D eigenvalue weighted by Gasteiger charge is -2.26. The molecule has 11 heteroatoms. The minimum Gasteiger partial charge on any atom is -0.462 e. The van der Waals surface area contributed by atoms with Crippen molar-refractivity contribution in [1.29, 1.82) is 0 Å². The molecule has 0 spiro atoms. The van der Waals surface area contributed by atoms with Crippen molar-refractivity contribution in [3.8, 4) is 5.75 Å². The van der Waals surface area contributed by atoms with Gasteiger partial charge < -0.3 is 28.5 Å². The van der Waals surface area contributed by atoms with E-state index in [4.69, 9.17) is 28.0 Å². The maximum Gasteiger partial charge on any atom is 0.459 e. The molecule has 5 rings (SSSR count). The van der Waals surface area contributed by atoms with Crippen LogP contribution in [0.5, 0.6) is 5.75 Å². The SMILES string of the molecule is CC(C)OC(=O)[C@@H](C)N[P@@](=O)(OC[C@H]1O[C@@H](c2c[nH]c3ccccc23)[C@@H]2OC(C)(C)O[C@@H]21)Oc1ccccc1. The van der Waals surface area contributed by atoms with E-state index in [1.54, 1.807) is 45.0 Å². The molecule has 2 N–H and O–H groups in total. The fraction of sp³-hybridized carbons (Fsp3) is 0.464. The summed E-state index contributed by atoms with van der Waals surface area (Å²) in [5.74, 6) is -1.09. The number of hydrogen-bond donors (Lipinski definition) is 2. The monoisotopic (exact) mass is 558 g/mol. The third-order valence-corrected chi connectivity index (χ3v) is 8.16. The molecule has 2 saturated heterocycles. The summed E-state index contributed by atoms with van der Waals surface area (Å²) in [5, 5.41) is 3.74. The van der Waals surface area contributed by atoms with E-state index >= 15 is 0 Å². The number of nitrogens with one attached hydrogen (secondary N) is 2. The Hall–Kier alpha value is -2.72. The highest BCUT2D eigenvalue weighted by Gasteiger charge is 2.56. The van der Waals surface area contributed by atoms with Gasteiger partial charge in [0.15, 0.2) is 5.79 Å². The topological polar surface area (TPSA) is 117 Å². The normalized spacial score (nSPS) is 26.3. The lowest BCUT2D eigenvalue weighted by molar-refractivity contribution is -0.190. The smallest absolute Gasteiger partial charge is 0.459 e. The molecular formula is C28H35N2O8P. The van der Waals surface area contributed by atoms with E-state index in [-0.39, 0.29) is 12.7 Å². The number of hydrogen-bond acceptors (Lipinski definition) is 8. The van der Waals surface area contributed by atoms with E-state index < -0.39 is 50.0 Å². The number of aromatic nitrogens is 1. The van der Waals surface area contributed by atoms with Crippen LogP contribution in [0.25, 0.3) is 10.9 Å². The summed E-state index contributed by atoms with van der Waals surface area (Å²) in [4.78, 5) is 15.7. The summed E-state index contributed by atoms with van der Waals surface area (Å²) in [5.41, 5.74) is 1.93. The van der Waals surface area contributed by atoms with Crippen LogP contribution in [0, 0.1) is 0 Å². The quantitative estimate of drug-likeness (QED) is 0.254. The van der Waals surface area contributed by atoms with E-state index in [0.29, 0.717) is 5.75 Å². The number of aromatic amines is 1. The molecule has 39 heavy (non-hydrogen) atoms. The summed E-state index contributed by atoms with van der Waals surface area (Å²) in [7, 11) is -4.07. The van der Waals surface area contributed by atoms with Gasteiger partial charge in [-0.05, 0) is 52.8 Å². The van der Waals surface area contributed by atoms with E-state index in [9.17, 15) is 9.36 Å². The van der Waals surface area contributed by atoms with Gasteiger partial charge >= 0.3 is 13.7 Å². The highest BCUT2D eigenvalue weighted by atomic mass is 31.2. The third kappa shape index (κ3) is 6.22. The van der Waals surface area contributed by atoms with Gasteiger partial charge in [-0.1, -0.05) is 36.4 Å². The fourth-order valence-electron chi connectivity index (χ4n) is 4.90. The summed E-state index contributed by atoms with van der Waals surface area (Å²) >= 11 is 0. The predicted octanol–water partition coefficient (Wildman–Crippen LogP) is 5.26. The Morgan fingerprint density at radius 2 is 1.74 bits per heavy atom. The van der Waals surface area contributed by atoms with Gasteiger partial charge in [0.05, 0.1) is 12.7 Å². The van der Waals surface area contributed by atoms with Crippen LogP contribution in [0.1, 0.15) is 46.3 Å². The molecule has 3 aromatic rings. The molecule has 2 fully saturated rings. The second-order valence-corrected chi connectivity index (χ2v) is 12.2. The first kappa shape index (κ1) is 27.8. The Balaban J connectivity index is 1.37. The average molecular weight is 559 g/mol. The number of esters is 1. The zero-order valence-corrected chi connectivity index (χ0v) is 23.6. The molecule has 0 unspecified atom stereocenters. The largest absolute Gasteiger partial charge is 0.462 e. The maximum atomic E-state index is 13.9. The molecule has 6 atom stereocenters. The first-order valence-electron chi connectivity index (χ1n) is 13.1. The predicted molar refractivity (Wildman–Crippen MR) is 144 cm³/mol. The van der Waals surface area contributed by atoms with Gasteiger partial charge in [0, 0.05) is 22.7 Å². The first-order valence-corrected chi connectivity index (χ1v) is 14.6. The van der Waals surface area contributed by atoms with Crippen LogP contribution in [0.2, 0.25) is 0 Å². The van der Waals surface area contributed by atoms with Gasteiger partial charge in [-0.25, -0.2) is 4.57 Å². The van der Waals surface area contributed by atoms with Crippen LogP contribution in [0.15, 0.2) is 60.8 Å². The molecule has 0 bridgehead atoms. The van der Waals surface area contributed by atoms with Crippen molar-refractivity contribution < 1.29 is 37.4 Å². The lowest BCUT2D eigenvalue weighted by atomic mass is 10.0. The van der Waals surface area contributed by atoms with Crippen molar-refractivity contribution in [2.75, 3.05) is 6.61 Å². The molecule has 2 aliphatic rings. The van der Waals surface area contributed by atoms with Crippen molar-refractivity contribution in [2.45, 2.75) is 77.0 Å². The second kappa shape index (κ2) is 11.0. The summed E-state index contributed by atoms with van der Waals surface area (Å²) < 4.78 is 49.8. The van der Waals surface area contributed by atoms with Gasteiger partial charge in [-0.2, -0.15) is 5.09 Å². The van der Waals surface area contributed by atoms with Crippen LogP contribution in [-0.2, 0) is 32.8 Å². The van der Waals surface area contributed by atoms with Crippen LogP contribution in [-0.4, -0.2) is 53.8 Å². The van der Waals surface area contributed by atoms with Crippen LogP contribution in [0.4, 0.5) is 0 Å². The highest BCUT2D eigenvalue weighted by molar-refractivity contribution is 7.52. The molecule has 2 aromatic carbocycles. The number of fused-ring (bicyclic) bond motifs is 2. The Morgan fingerprint density at radius 1 is 1.05 bits per heavy atom. The van der Waals surface area contributed by atoms with Crippen molar-refractivity contribution in [3.05, 3.63) is 66.4 Å². The Bertz CT molecular complexity index is 1340. The van der Waals surface area contributed by atoms with Gasteiger partial charge in [0.2, 0.25) is 0 Å². The van der Waals surface area contributed by atoms with E-state index in [2.05, 4.69) is 10.1 Å². The second-order valence-electron chi connectivity index (χ2n) is 10.5. The average Bonchev–Trinajstić information content (AvgIpc) is 3.53. The summed E-state index contributed by atoms with van der Waals surface area (Å²) in [6.45, 7) is 8.59. The zero-order valence-electron chi connectivity index (χ0n) is 22.7. The van der Waals surface area contributed by atoms with Crippen LogP contribution >= 0.6 is 7.75 Å². The molecule has 0 amide bonds. The molecule has 0 saturated carbocycles. The molecule has 0 aliphatic carbocycles. The fourth-order valence-corrected chi connectivity index (χ4v) is 6.40. The number of benzene rings is 2. The van der Waals surface area contributed by atoms with Crippen molar-refractivity contribution >= 4 is 24.6 Å². The summed E-state index contributed by atoms with van der Waals surface area (Å²) in [6.07, 6.45) is -0.364. The van der Waals surface area contributed by atoms with Crippen LogP contribution in [0.3, 0.4) is 0 Å². The molecule has 1 aromatic heterocycles. The molecular weight excluding hydrogens is 523 g/mol. The Labute approximate surface area is 227 Å². The molecule has 3 heterocycles. The number of para-hydroxylation sites is 2. The lowest BCUT2D eigenvalue weighted by Crippen LogP contribution is -2.38. The minimum absolute atomic E-state index is 0.136. The van der Waals surface area contributed by atoms with Crippen molar-refractivity contribution in [3.63, 3.8) is 0 Å². The zero-order chi connectivity index (χ0) is 27.8. The van der Waals surface area contributed by atoms with Gasteiger partial charge in [-0.3, -0.25) is 9.32 Å². The van der Waals surface area contributed by atoms with Crippen molar-refractivity contribution in [2.24, 2.45) is 0 Å². The summed E-state index contributed by atoms with van der Waals surface area (Å²) in [6, 6.07) is 15.6. The number of carbonyl (C=O) groups excluding carboxylic acids is 1. The molecule has 2 aliphatic heterocycles. The maximum absolute atomic E-state index is 13.9. The van der Waals surface area contributed by atoms with Crippen molar-refractivity contribution in [1.82, 2.24) is 10.1 Å². The number of rotatable bonds is 10. The number of ether oxygens (including phenoxy) is 4. The molecule has 0 radical (unpaired) electrons. The van der Waals surface area contributed by atoms with E-state index in [1.807, 2.05) is 50.4 Å².